The van der Waals surface area contributed by atoms with Gasteiger partial charge in [-0.05, 0) is 61.2 Å². The monoisotopic (exact) mass is 540 g/mol. The van der Waals surface area contributed by atoms with E-state index in [1.54, 1.807) is 0 Å². The molecule has 2 rings (SSSR count). The fourth-order valence-corrected chi connectivity index (χ4v) is 4.11. The Labute approximate surface area is 158 Å². The van der Waals surface area contributed by atoms with Gasteiger partial charge in [-0.3, -0.25) is 0 Å². The van der Waals surface area contributed by atoms with Gasteiger partial charge in [-0.2, -0.15) is 0 Å². The van der Waals surface area contributed by atoms with Gasteiger partial charge in [-0.1, -0.05) is 32.0 Å². The van der Waals surface area contributed by atoms with E-state index in [4.69, 9.17) is 7.66 Å². The molecule has 0 unspecified atom stereocenters. The summed E-state index contributed by atoms with van der Waals surface area (Å²) in [6.07, 6.45) is 0. The maximum atomic E-state index is 5.14. The van der Waals surface area contributed by atoms with Crippen LogP contribution in [0.2, 0.25) is 0 Å². The highest BCUT2D eigenvalue weighted by atomic mass is 79.9. The van der Waals surface area contributed by atoms with E-state index < -0.39 is 0 Å². The van der Waals surface area contributed by atoms with Gasteiger partial charge in [-0.25, -0.2) is 0 Å². The van der Waals surface area contributed by atoms with Gasteiger partial charge in [0.05, 0.1) is 4.47 Å². The first-order chi connectivity index (χ1) is 9.91. The molecule has 2 aromatic carbocycles. The van der Waals surface area contributed by atoms with Crippen LogP contribution < -0.4 is 7.66 Å². The molecule has 21 heavy (non-hydrogen) atoms. The fourth-order valence-electron chi connectivity index (χ4n) is 2.15. The molecule has 2 aromatic rings. The van der Waals surface area contributed by atoms with Crippen LogP contribution in [-0.4, -0.2) is 0 Å². The van der Waals surface area contributed by atoms with Gasteiger partial charge in [0.1, 0.15) is 5.75 Å². The first kappa shape index (κ1) is 17.3. The zero-order valence-electron chi connectivity index (χ0n) is 11.3. The van der Waals surface area contributed by atoms with E-state index in [9.17, 15) is 0 Å². The lowest BCUT2D eigenvalue weighted by Gasteiger charge is -2.28. The Morgan fingerprint density at radius 3 is 1.95 bits per heavy atom. The molecule has 2 nitrogen and oxygen atoms in total. The molecule has 112 valence electrons. The zero-order valence-corrected chi connectivity index (χ0v) is 17.6. The second-order valence-electron chi connectivity index (χ2n) is 5.04. The maximum absolute atomic E-state index is 5.14. The minimum absolute atomic E-state index is 0.170. The second-order valence-corrected chi connectivity index (χ2v) is 7.28. The number of halogens is 4. The number of hydrogen-bond donors (Lipinski definition) is 0. The van der Waals surface area contributed by atoms with Gasteiger partial charge in [0.2, 0.25) is 0 Å². The van der Waals surface area contributed by atoms with Crippen molar-refractivity contribution in [2.24, 2.45) is 0 Å². The maximum Gasteiger partial charge on any atom is 0.179 e. The topological polar surface area (TPSA) is 18.5 Å². The molecule has 0 fully saturated rings. The predicted octanol–water partition coefficient (Wildman–Crippen LogP) is 6.91. The quantitative estimate of drug-likeness (QED) is 0.417. The van der Waals surface area contributed by atoms with Crippen LogP contribution in [0.4, 0.5) is 0 Å². The summed E-state index contributed by atoms with van der Waals surface area (Å²) in [5.41, 5.74) is 2.18. The summed E-state index contributed by atoms with van der Waals surface area (Å²) in [5, 5.41) is 0. The van der Waals surface area contributed by atoms with Gasteiger partial charge < -0.3 is 7.66 Å². The summed E-state index contributed by atoms with van der Waals surface area (Å²) in [4.78, 5) is 0. The van der Waals surface area contributed by atoms with Crippen molar-refractivity contribution >= 4 is 64.4 Å². The molecular formula is C15H12Br4O2. The molecule has 0 spiro atoms. The van der Waals surface area contributed by atoms with E-state index in [0.29, 0.717) is 0 Å². The van der Waals surface area contributed by atoms with E-state index in [-0.39, 0.29) is 5.41 Å². The van der Waals surface area contributed by atoms with Gasteiger partial charge in [0.15, 0.2) is 38.3 Å². The molecule has 0 N–H and O–H groups in total. The lowest BCUT2D eigenvalue weighted by Crippen LogP contribution is -2.19. The fraction of sp³-hybridized carbons (Fsp3) is 0.200. The van der Waals surface area contributed by atoms with Crippen molar-refractivity contribution in [1.82, 2.24) is 0 Å². The molecule has 0 bridgehead atoms. The Morgan fingerprint density at radius 1 is 0.810 bits per heavy atom. The molecule has 0 atom stereocenters. The third-order valence-electron chi connectivity index (χ3n) is 3.47. The van der Waals surface area contributed by atoms with Gasteiger partial charge in [0, 0.05) is 9.89 Å². The molecule has 0 amide bonds. The minimum Gasteiger partial charge on any atom is -0.418 e. The van der Waals surface area contributed by atoms with Crippen molar-refractivity contribution in [2.45, 2.75) is 19.3 Å². The van der Waals surface area contributed by atoms with Crippen molar-refractivity contribution in [3.05, 3.63) is 56.5 Å². The molecule has 0 aliphatic heterocycles. The minimum atomic E-state index is -0.170. The highest BCUT2D eigenvalue weighted by molar-refractivity contribution is 9.13. The van der Waals surface area contributed by atoms with E-state index in [0.717, 1.165) is 26.0 Å². The van der Waals surface area contributed by atoms with E-state index >= 15 is 0 Å². The summed E-state index contributed by atoms with van der Waals surface area (Å²) >= 11 is 13.2. The van der Waals surface area contributed by atoms with Crippen molar-refractivity contribution in [3.8, 4) is 11.5 Å². The smallest absolute Gasteiger partial charge is 0.179 e. The van der Waals surface area contributed by atoms with Crippen LogP contribution in [0.1, 0.15) is 25.0 Å². The highest BCUT2D eigenvalue weighted by Gasteiger charge is 2.27. The summed E-state index contributed by atoms with van der Waals surface area (Å²) in [6, 6.07) is 12.0. The Balaban J connectivity index is 2.49. The molecule has 0 heterocycles. The Hall–Kier alpha value is -0.0400. The van der Waals surface area contributed by atoms with Crippen molar-refractivity contribution in [2.75, 3.05) is 0 Å². The first-order valence-corrected chi connectivity index (χ1v) is 8.96. The van der Waals surface area contributed by atoms with Crippen molar-refractivity contribution in [3.63, 3.8) is 0 Å². The molecule has 0 aliphatic carbocycles. The zero-order chi connectivity index (χ0) is 15.6. The molecule has 0 saturated carbocycles. The molecule has 0 aliphatic rings. The summed E-state index contributed by atoms with van der Waals surface area (Å²) in [6.45, 7) is 4.36. The number of hydrogen-bond acceptors (Lipinski definition) is 2. The SMILES string of the molecule is CC(C)(c1ccc(OBr)cc1)c1ccc(OBr)c(Br)c1Br. The summed E-state index contributed by atoms with van der Waals surface area (Å²) in [5.74, 6) is 1.50. The third-order valence-corrected chi connectivity index (χ3v) is 6.33. The van der Waals surface area contributed by atoms with E-state index in [1.807, 2.05) is 18.2 Å². The Kier molecular flexibility index (Phi) is 5.79. The second kappa shape index (κ2) is 7.02. The third kappa shape index (κ3) is 3.49. The average Bonchev–Trinajstić information content (AvgIpc) is 2.49. The van der Waals surface area contributed by atoms with Gasteiger partial charge >= 0.3 is 0 Å². The Morgan fingerprint density at radius 2 is 1.43 bits per heavy atom. The summed E-state index contributed by atoms with van der Waals surface area (Å²) < 4.78 is 12.0. The van der Waals surface area contributed by atoms with Crippen LogP contribution >= 0.6 is 64.4 Å². The predicted molar refractivity (Wildman–Crippen MR) is 99.5 cm³/mol. The largest absolute Gasteiger partial charge is 0.418 e. The molecule has 6 heteroatoms. The van der Waals surface area contributed by atoms with Gasteiger partial charge in [0.25, 0.3) is 0 Å². The normalized spacial score (nSPS) is 11.3. The van der Waals surface area contributed by atoms with Crippen LogP contribution in [-0.2, 0) is 5.41 Å². The highest BCUT2D eigenvalue weighted by Crippen LogP contribution is 2.43. The average molecular weight is 544 g/mol. The van der Waals surface area contributed by atoms with Crippen LogP contribution in [0.3, 0.4) is 0 Å². The van der Waals surface area contributed by atoms with Crippen LogP contribution in [0.15, 0.2) is 45.3 Å². The number of rotatable bonds is 4. The standard InChI is InChI=1S/C15H12Br4O2/c1-15(2,9-3-5-10(20-18)6-4-9)11-7-8-12(21-19)14(17)13(11)16/h3-8H,1-2H3. The van der Waals surface area contributed by atoms with Crippen LogP contribution in [0.5, 0.6) is 11.5 Å². The first-order valence-electron chi connectivity index (χ1n) is 6.08. The Bertz CT molecular complexity index is 639. The molecule has 0 aromatic heterocycles. The number of benzene rings is 2. The summed E-state index contributed by atoms with van der Waals surface area (Å²) in [7, 11) is 0. The van der Waals surface area contributed by atoms with E-state index in [1.165, 1.54) is 5.56 Å². The molecular weight excluding hydrogens is 532 g/mol. The molecule has 0 radical (unpaired) electrons. The lowest BCUT2D eigenvalue weighted by atomic mass is 9.78. The molecule has 0 saturated heterocycles. The van der Waals surface area contributed by atoms with E-state index in [2.05, 4.69) is 96.4 Å². The van der Waals surface area contributed by atoms with Crippen molar-refractivity contribution in [1.29, 1.82) is 0 Å². The van der Waals surface area contributed by atoms with Gasteiger partial charge in [-0.15, -0.1) is 0 Å². The van der Waals surface area contributed by atoms with Crippen molar-refractivity contribution < 1.29 is 7.66 Å². The van der Waals surface area contributed by atoms with Crippen LogP contribution in [0.25, 0.3) is 0 Å². The lowest BCUT2D eigenvalue weighted by molar-refractivity contribution is 0.625. The van der Waals surface area contributed by atoms with Crippen LogP contribution in [0, 0.1) is 0 Å².